The van der Waals surface area contributed by atoms with Crippen molar-refractivity contribution in [3.63, 3.8) is 0 Å². The van der Waals surface area contributed by atoms with Crippen LogP contribution in [0, 0.1) is 11.7 Å². The van der Waals surface area contributed by atoms with Crippen molar-refractivity contribution in [2.24, 2.45) is 5.92 Å². The van der Waals surface area contributed by atoms with Crippen LogP contribution >= 0.6 is 0 Å². The van der Waals surface area contributed by atoms with Gasteiger partial charge in [-0.05, 0) is 19.0 Å². The van der Waals surface area contributed by atoms with E-state index in [1.165, 1.54) is 11.7 Å². The largest absolute Gasteiger partial charge is 0.492 e. The first-order valence-corrected chi connectivity index (χ1v) is 11.9. The number of rotatable bonds is 6. The van der Waals surface area contributed by atoms with Gasteiger partial charge in [0.1, 0.15) is 17.4 Å². The number of nitrogens with one attached hydrogen (secondary N) is 1. The SMILES string of the molecule is CC[C@H]1CN(c2c(F)cc3c(=O)c(C(=O)O)cn([C@@H]4C[C@@H]4F)c3c2OC)C[C@H]1NC.F.FF.FF.FF.FF.FF.FF.FF.FF.FF.FF.FF.FF.FF. The smallest absolute Gasteiger partial charge is 0.341 e. The quantitative estimate of drug-likeness (QED) is 0.281. The van der Waals surface area contributed by atoms with Crippen LogP contribution in [0.15, 0.2) is 17.1 Å². The van der Waals surface area contributed by atoms with Crippen LogP contribution in [0.1, 0.15) is 36.2 Å². The maximum absolute atomic E-state index is 15.3. The van der Waals surface area contributed by atoms with E-state index in [1.807, 2.05) is 11.9 Å². The Morgan fingerprint density at radius 1 is 0.772 bits per heavy atom. The van der Waals surface area contributed by atoms with Crippen LogP contribution in [0.5, 0.6) is 5.75 Å². The summed E-state index contributed by atoms with van der Waals surface area (Å²) >= 11 is 0. The number of carboxylic acids is 1. The number of likely N-dealkylation sites (N-methyl/N-ethyl adjacent to an activating group) is 1. The monoisotopic (exact) mass is 935 g/mol. The number of nitrogens with zero attached hydrogens (tertiary/aromatic N) is 2. The van der Waals surface area contributed by atoms with Gasteiger partial charge in [0, 0.05) is 151 Å². The molecule has 0 radical (unpaired) electrons. The van der Waals surface area contributed by atoms with Crippen LogP contribution in [-0.4, -0.2) is 55.1 Å². The van der Waals surface area contributed by atoms with Crippen molar-refractivity contribution < 1.29 is 147 Å². The minimum Gasteiger partial charge on any atom is -0.492 e. The molecule has 57 heavy (non-hydrogen) atoms. The van der Waals surface area contributed by atoms with Crippen molar-refractivity contribution in [3.05, 3.63) is 33.9 Å². The summed E-state index contributed by atoms with van der Waals surface area (Å²) in [5, 5.41) is 12.5. The second-order valence-electron chi connectivity index (χ2n) is 8.01. The first kappa shape index (κ1) is 80.8. The fraction of sp³-hybridized carbons (Fsp3) is 0.524. The lowest BCUT2D eigenvalue weighted by Gasteiger charge is -2.24. The van der Waals surface area contributed by atoms with Crippen LogP contribution in [-0.2, 0) is 0 Å². The molecule has 0 bridgehead atoms. The molecule has 4 rings (SSSR count). The third-order valence-electron chi connectivity index (χ3n) is 6.32. The highest BCUT2D eigenvalue weighted by molar-refractivity contribution is 5.97. The summed E-state index contributed by atoms with van der Waals surface area (Å²) in [6.07, 6.45) is 1.12. The molecule has 7 nitrogen and oxygen atoms in total. The molecule has 352 valence electrons. The van der Waals surface area contributed by atoms with Crippen molar-refractivity contribution in [1.29, 1.82) is 0 Å². The summed E-state index contributed by atoms with van der Waals surface area (Å²) in [6, 6.07) is 0.623. The summed E-state index contributed by atoms with van der Waals surface area (Å²) in [7, 11) is 3.24. The van der Waals surface area contributed by atoms with E-state index in [2.05, 4.69) is 12.2 Å². The van der Waals surface area contributed by atoms with Gasteiger partial charge in [0.15, 0.2) is 11.6 Å². The number of fused-ring (bicyclic) bond motifs is 1. The second-order valence-corrected chi connectivity index (χ2v) is 8.01. The van der Waals surface area contributed by atoms with E-state index in [0.717, 1.165) is 18.7 Å². The molecule has 2 fully saturated rings. The fourth-order valence-electron chi connectivity index (χ4n) is 4.58. The Hall–Kier alpha value is -4.57. The van der Waals surface area contributed by atoms with Crippen LogP contribution in [0.2, 0.25) is 0 Å². The maximum Gasteiger partial charge on any atom is 0.341 e. The molecule has 0 unspecified atom stereocenters. The molecular formula is C21H26F29N3O4. The molecule has 2 aromatic rings. The Bertz CT molecular complexity index is 1110. The Labute approximate surface area is 296 Å². The average molecular weight is 935 g/mol. The number of halogens is 29. The van der Waals surface area contributed by atoms with Crippen molar-refractivity contribution in [1.82, 2.24) is 9.88 Å². The van der Waals surface area contributed by atoms with E-state index < -0.39 is 35.0 Å². The first-order valence-electron chi connectivity index (χ1n) is 11.9. The zero-order valence-electron chi connectivity index (χ0n) is 27.4. The molecule has 2 aliphatic rings. The predicted molar refractivity (Wildman–Crippen MR) is 140 cm³/mol. The van der Waals surface area contributed by atoms with Gasteiger partial charge in [-0.25, -0.2) is 13.6 Å². The van der Waals surface area contributed by atoms with Crippen molar-refractivity contribution in [3.8, 4) is 5.75 Å². The highest BCUT2D eigenvalue weighted by atomic mass is 20.0. The molecule has 1 aromatic carbocycles. The zero-order chi connectivity index (χ0) is 47.7. The molecule has 1 aliphatic heterocycles. The fourth-order valence-corrected chi connectivity index (χ4v) is 4.58. The Balaban J connectivity index is -0.0000000745. The van der Waals surface area contributed by atoms with Crippen LogP contribution < -0.4 is 20.4 Å². The number of ether oxygens (including phenoxy) is 1. The lowest BCUT2D eigenvalue weighted by molar-refractivity contribution is 0.0694. The number of alkyl halides is 1. The summed E-state index contributed by atoms with van der Waals surface area (Å²) in [5.41, 5.74) is -0.878. The van der Waals surface area contributed by atoms with Crippen molar-refractivity contribution in [2.45, 2.75) is 38.0 Å². The first-order chi connectivity index (χ1) is 27.3. The van der Waals surface area contributed by atoms with Crippen molar-refractivity contribution in [2.75, 3.05) is 32.1 Å². The van der Waals surface area contributed by atoms with Gasteiger partial charge in [-0.15, -0.1) is 0 Å². The summed E-state index contributed by atoms with van der Waals surface area (Å²) in [4.78, 5) is 26.2. The standard InChI is InChI=1S/C21H25F2N3O4.13F2.FH/c1-4-10-7-25(9-15(10)24-2)18-14(23)5-11-17(20(18)30-3)26(16-6-13(16)22)8-12(19(11)27)21(28)29;13*1-2;/h5,8,10,13,15-16,24H,4,6-7,9H2,1-3H3,(H,28,29);;;;;;;;;;;;;;1H/t10-,13-,15+,16+;;;;;;;;;;;;;;/m0............../s1. The predicted octanol–water partition coefficient (Wildman–Crippen LogP) is 13.6. The van der Waals surface area contributed by atoms with Gasteiger partial charge in [-0.3, -0.25) is 9.50 Å². The van der Waals surface area contributed by atoms with E-state index in [-0.39, 0.29) is 39.5 Å². The average Bonchev–Trinajstić information content (AvgIpc) is 3.90. The van der Waals surface area contributed by atoms with E-state index in [4.69, 9.17) is 124 Å². The molecule has 2 N–H and O–H groups in total. The number of aromatic nitrogens is 1. The van der Waals surface area contributed by atoms with Crippen LogP contribution in [0.3, 0.4) is 0 Å². The van der Waals surface area contributed by atoms with Crippen LogP contribution in [0.25, 0.3) is 10.9 Å². The maximum atomic E-state index is 15.3. The third-order valence-corrected chi connectivity index (χ3v) is 6.32. The second kappa shape index (κ2) is 63.4. The van der Waals surface area contributed by atoms with Gasteiger partial charge >= 0.3 is 5.97 Å². The Kier molecular flexibility index (Phi) is 89.8. The highest BCUT2D eigenvalue weighted by Gasteiger charge is 2.42. The number of anilines is 1. The molecule has 0 amide bonds. The number of carbonyl (C=O) groups is 1. The Morgan fingerprint density at radius 3 is 1.40 bits per heavy atom. The summed E-state index contributed by atoms with van der Waals surface area (Å²) in [5.74, 6) is -1.66. The normalized spacial score (nSPS) is 14.9. The molecule has 1 saturated carbocycles. The lowest BCUT2D eigenvalue weighted by Crippen LogP contribution is -2.33. The van der Waals surface area contributed by atoms with Gasteiger partial charge in [-0.2, -0.15) is 0 Å². The minimum absolute atomic E-state index is 0. The number of hydrogen-bond acceptors (Lipinski definition) is 5. The zero-order valence-corrected chi connectivity index (χ0v) is 27.4. The molecule has 1 aliphatic carbocycles. The van der Waals surface area contributed by atoms with Crippen LogP contribution in [0.4, 0.5) is 138 Å². The number of hydrogen-bond donors (Lipinski definition) is 2. The highest BCUT2D eigenvalue weighted by Crippen LogP contribution is 2.46. The molecule has 1 saturated heterocycles. The third kappa shape index (κ3) is 27.6. The van der Waals surface area contributed by atoms with E-state index in [0.29, 0.717) is 19.0 Å². The number of carboxylic acid groups (broad SMARTS) is 1. The van der Waals surface area contributed by atoms with Gasteiger partial charge in [0.05, 0.1) is 24.1 Å². The molecule has 36 heteroatoms. The number of pyridine rings is 1. The minimum atomic E-state index is -1.43. The summed E-state index contributed by atoms with van der Waals surface area (Å²) < 4.78 is 244. The van der Waals surface area contributed by atoms with Crippen molar-refractivity contribution >= 4 is 22.6 Å². The van der Waals surface area contributed by atoms with Gasteiger partial charge in [0.25, 0.3) is 0 Å². The Morgan fingerprint density at radius 2 is 1.14 bits per heavy atom. The topological polar surface area (TPSA) is 83.8 Å². The van der Waals surface area contributed by atoms with E-state index in [1.54, 1.807) is 0 Å². The lowest BCUT2D eigenvalue weighted by atomic mass is 10.0. The van der Waals surface area contributed by atoms with Gasteiger partial charge < -0.3 is 24.6 Å². The summed E-state index contributed by atoms with van der Waals surface area (Å²) in [6.45, 7) is 3.24. The van der Waals surface area contributed by atoms with Gasteiger partial charge in [0.2, 0.25) is 5.43 Å². The number of methoxy groups -OCH3 is 1. The molecule has 1 aromatic heterocycles. The molecule has 2 heterocycles. The number of aromatic carboxylic acids is 1. The van der Waals surface area contributed by atoms with E-state index in [9.17, 15) is 19.1 Å². The number of benzene rings is 1. The molecular weight excluding hydrogens is 909 g/mol. The molecule has 0 spiro atoms. The molecule has 4 atom stereocenters. The van der Waals surface area contributed by atoms with Gasteiger partial charge in [-0.1, -0.05) is 13.3 Å². The van der Waals surface area contributed by atoms with E-state index >= 15 is 4.39 Å².